The molecule has 0 bridgehead atoms. The molecule has 0 fully saturated rings. The second-order valence-corrected chi connectivity index (χ2v) is 5.01. The van der Waals surface area contributed by atoms with E-state index in [0.29, 0.717) is 5.69 Å². The van der Waals surface area contributed by atoms with Crippen LogP contribution >= 0.6 is 0 Å². The number of aliphatic imine (C=N–C) groups is 1. The van der Waals surface area contributed by atoms with Gasteiger partial charge in [-0.15, -0.1) is 0 Å². The third-order valence-corrected chi connectivity index (χ3v) is 3.39. The Morgan fingerprint density at radius 1 is 1.00 bits per heavy atom. The van der Waals surface area contributed by atoms with Crippen LogP contribution in [0.2, 0.25) is 0 Å². The molecule has 0 heterocycles. The summed E-state index contributed by atoms with van der Waals surface area (Å²) in [5.74, 6) is -0.790. The number of fused-ring (bicyclic) bond motifs is 1. The number of nitrogens with two attached hydrogens (primary N) is 1. The Kier molecular flexibility index (Phi) is 3.93. The smallest absolute Gasteiger partial charge is 0.335 e. The molecule has 0 radical (unpaired) electrons. The number of hydrogen-bond acceptors (Lipinski definition) is 2. The van der Waals surface area contributed by atoms with Crippen LogP contribution in [0.15, 0.2) is 71.7 Å². The monoisotopic (exact) mass is 305 g/mol. The highest BCUT2D eigenvalue weighted by Crippen LogP contribution is 2.25. The van der Waals surface area contributed by atoms with E-state index < -0.39 is 5.97 Å². The van der Waals surface area contributed by atoms with Gasteiger partial charge >= 0.3 is 5.97 Å². The van der Waals surface area contributed by atoms with Crippen molar-refractivity contribution in [3.05, 3.63) is 72.3 Å². The molecule has 0 aliphatic carbocycles. The van der Waals surface area contributed by atoms with Gasteiger partial charge in [-0.25, -0.2) is 9.79 Å². The molecule has 0 unspecified atom stereocenters. The summed E-state index contributed by atoms with van der Waals surface area (Å²) in [5, 5.41) is 14.0. The van der Waals surface area contributed by atoms with Gasteiger partial charge in [-0.3, -0.25) is 0 Å². The molecule has 4 N–H and O–H groups in total. The molecule has 3 rings (SSSR count). The quantitative estimate of drug-likeness (QED) is 0.509. The van der Waals surface area contributed by atoms with Crippen LogP contribution in [0.5, 0.6) is 0 Å². The third kappa shape index (κ3) is 3.29. The van der Waals surface area contributed by atoms with Gasteiger partial charge in [-0.05, 0) is 29.7 Å². The van der Waals surface area contributed by atoms with Gasteiger partial charge in [0.2, 0.25) is 0 Å². The first-order chi connectivity index (χ1) is 11.1. The van der Waals surface area contributed by atoms with Gasteiger partial charge in [0.15, 0.2) is 5.96 Å². The van der Waals surface area contributed by atoms with E-state index in [1.54, 1.807) is 12.1 Å². The van der Waals surface area contributed by atoms with E-state index in [4.69, 9.17) is 10.8 Å². The van der Waals surface area contributed by atoms with E-state index in [2.05, 4.69) is 10.3 Å². The van der Waals surface area contributed by atoms with E-state index in [-0.39, 0.29) is 11.5 Å². The molecule has 0 spiro atoms. The molecule has 0 amide bonds. The number of nitrogens with zero attached hydrogens (tertiary/aromatic N) is 1. The molecule has 0 atom stereocenters. The first-order valence-electron chi connectivity index (χ1n) is 7.06. The lowest BCUT2D eigenvalue weighted by Gasteiger charge is -2.07. The molecule has 5 nitrogen and oxygen atoms in total. The van der Waals surface area contributed by atoms with Gasteiger partial charge in [0, 0.05) is 11.1 Å². The van der Waals surface area contributed by atoms with E-state index >= 15 is 0 Å². The van der Waals surface area contributed by atoms with Crippen molar-refractivity contribution in [1.29, 1.82) is 0 Å². The zero-order valence-corrected chi connectivity index (χ0v) is 12.2. The molecule has 114 valence electrons. The molecule has 5 heteroatoms. The van der Waals surface area contributed by atoms with E-state index in [9.17, 15) is 4.79 Å². The van der Waals surface area contributed by atoms with Gasteiger partial charge < -0.3 is 16.2 Å². The van der Waals surface area contributed by atoms with Gasteiger partial charge in [-0.2, -0.15) is 0 Å². The van der Waals surface area contributed by atoms with Gasteiger partial charge in [-0.1, -0.05) is 42.5 Å². The minimum Gasteiger partial charge on any atom is -0.478 e. The second-order valence-electron chi connectivity index (χ2n) is 5.01. The first-order valence-corrected chi connectivity index (χ1v) is 7.06. The summed E-state index contributed by atoms with van der Waals surface area (Å²) in [6.07, 6.45) is 0. The summed E-state index contributed by atoms with van der Waals surface area (Å²) in [6.45, 7) is 0. The molecular weight excluding hydrogens is 290 g/mol. The number of carbonyl (C=O) groups is 1. The molecule has 0 aliphatic rings. The fourth-order valence-electron chi connectivity index (χ4n) is 2.34. The number of carboxylic acids is 1. The normalized spacial score (nSPS) is 11.4. The molecule has 3 aromatic carbocycles. The fourth-order valence-corrected chi connectivity index (χ4v) is 2.34. The highest BCUT2D eigenvalue weighted by molar-refractivity contribution is 6.00. The van der Waals surface area contributed by atoms with E-state index in [1.807, 2.05) is 42.5 Å². The Balaban J connectivity index is 1.90. The molecule has 23 heavy (non-hydrogen) atoms. The van der Waals surface area contributed by atoms with Crippen molar-refractivity contribution < 1.29 is 9.90 Å². The van der Waals surface area contributed by atoms with E-state index in [0.717, 1.165) is 16.5 Å². The molecule has 0 saturated heterocycles. The lowest BCUT2D eigenvalue weighted by Crippen LogP contribution is -2.22. The molecule has 3 aromatic rings. The minimum atomic E-state index is -0.988. The zero-order chi connectivity index (χ0) is 16.2. The van der Waals surface area contributed by atoms with Crippen molar-refractivity contribution in [2.75, 3.05) is 5.32 Å². The SMILES string of the molecule is NC(=Nc1cccc2ccccc12)Nc1cccc(C(=O)O)c1. The number of aromatic carboxylic acids is 1. The lowest BCUT2D eigenvalue weighted by molar-refractivity contribution is 0.0697. The molecule has 0 aromatic heterocycles. The summed E-state index contributed by atoms with van der Waals surface area (Å²) in [5.41, 5.74) is 7.46. The predicted molar refractivity (Wildman–Crippen MR) is 92.3 cm³/mol. The van der Waals surface area contributed by atoms with E-state index in [1.165, 1.54) is 12.1 Å². The summed E-state index contributed by atoms with van der Waals surface area (Å²) in [6, 6.07) is 20.1. The van der Waals surface area contributed by atoms with Crippen LogP contribution in [0.25, 0.3) is 10.8 Å². The second kappa shape index (κ2) is 6.19. The highest BCUT2D eigenvalue weighted by atomic mass is 16.4. The zero-order valence-electron chi connectivity index (χ0n) is 12.2. The Morgan fingerprint density at radius 3 is 2.57 bits per heavy atom. The number of rotatable bonds is 3. The number of anilines is 1. The molecule has 0 aliphatic heterocycles. The van der Waals surface area contributed by atoms with Crippen LogP contribution < -0.4 is 11.1 Å². The van der Waals surface area contributed by atoms with Crippen molar-refractivity contribution in [1.82, 2.24) is 0 Å². The number of benzene rings is 3. The van der Waals surface area contributed by atoms with Crippen LogP contribution in [0.3, 0.4) is 0 Å². The van der Waals surface area contributed by atoms with Gasteiger partial charge in [0.1, 0.15) is 0 Å². The van der Waals surface area contributed by atoms with Crippen LogP contribution in [0.4, 0.5) is 11.4 Å². The summed E-state index contributed by atoms with van der Waals surface area (Å²) in [7, 11) is 0. The maximum absolute atomic E-state index is 11.0. The van der Waals surface area contributed by atoms with Crippen molar-refractivity contribution >= 4 is 34.1 Å². The Bertz CT molecular complexity index is 898. The Labute approximate surface area is 133 Å². The molecular formula is C18H15N3O2. The van der Waals surface area contributed by atoms with Crippen LogP contribution in [-0.2, 0) is 0 Å². The van der Waals surface area contributed by atoms with Crippen molar-refractivity contribution in [2.45, 2.75) is 0 Å². The molecule has 0 saturated carbocycles. The van der Waals surface area contributed by atoms with Crippen molar-refractivity contribution in [2.24, 2.45) is 10.7 Å². The number of hydrogen-bond donors (Lipinski definition) is 3. The van der Waals surface area contributed by atoms with Crippen LogP contribution in [-0.4, -0.2) is 17.0 Å². The van der Waals surface area contributed by atoms with Crippen LogP contribution in [0.1, 0.15) is 10.4 Å². The maximum atomic E-state index is 11.0. The van der Waals surface area contributed by atoms with Gasteiger partial charge in [0.25, 0.3) is 0 Å². The Morgan fingerprint density at radius 2 is 1.74 bits per heavy atom. The largest absolute Gasteiger partial charge is 0.478 e. The van der Waals surface area contributed by atoms with Crippen LogP contribution in [0, 0.1) is 0 Å². The minimum absolute atomic E-state index is 0.188. The maximum Gasteiger partial charge on any atom is 0.335 e. The summed E-state index contributed by atoms with van der Waals surface area (Å²) >= 11 is 0. The number of guanidine groups is 1. The first kappa shape index (κ1) is 14.6. The number of nitrogens with one attached hydrogen (secondary N) is 1. The number of carboxylic acid groups (broad SMARTS) is 1. The standard InChI is InChI=1S/C18H15N3O2/c19-18(20-14-8-3-7-13(11-14)17(22)23)21-16-10-4-6-12-5-1-2-9-15(12)16/h1-11H,(H,22,23)(H3,19,20,21). The summed E-state index contributed by atoms with van der Waals surface area (Å²) in [4.78, 5) is 15.4. The topological polar surface area (TPSA) is 87.7 Å². The van der Waals surface area contributed by atoms with Crippen molar-refractivity contribution in [3.63, 3.8) is 0 Å². The average molecular weight is 305 g/mol. The highest BCUT2D eigenvalue weighted by Gasteiger charge is 2.04. The lowest BCUT2D eigenvalue weighted by atomic mass is 10.1. The fraction of sp³-hybridized carbons (Fsp3) is 0. The average Bonchev–Trinajstić information content (AvgIpc) is 2.55. The Hall–Kier alpha value is -3.34. The predicted octanol–water partition coefficient (Wildman–Crippen LogP) is 3.60. The summed E-state index contributed by atoms with van der Waals surface area (Å²) < 4.78 is 0. The van der Waals surface area contributed by atoms with Gasteiger partial charge in [0.05, 0.1) is 11.3 Å². The third-order valence-electron chi connectivity index (χ3n) is 3.39. The van der Waals surface area contributed by atoms with Crippen molar-refractivity contribution in [3.8, 4) is 0 Å².